The van der Waals surface area contributed by atoms with E-state index in [0.29, 0.717) is 6.54 Å². The van der Waals surface area contributed by atoms with Gasteiger partial charge >= 0.3 is 0 Å². The molecule has 38 heavy (non-hydrogen) atoms. The number of nitrogens with zero attached hydrogens (tertiary/aromatic N) is 2. The maximum absolute atomic E-state index is 11.8. The zero-order chi connectivity index (χ0) is 26.9. The molecule has 1 aromatic heterocycles. The molecule has 2 fully saturated rings. The molecule has 2 aliphatic rings. The third-order valence-electron chi connectivity index (χ3n) is 7.05. The lowest BCUT2D eigenvalue weighted by Gasteiger charge is -2.32. The summed E-state index contributed by atoms with van der Waals surface area (Å²) in [5.74, 6) is 0.988. The fraction of sp³-hybridized carbons (Fsp3) is 0.419. The third-order valence-corrected chi connectivity index (χ3v) is 8.34. The first-order valence-electron chi connectivity index (χ1n) is 13.6. The number of aromatic nitrogens is 1. The molecule has 0 unspecified atom stereocenters. The maximum Gasteiger partial charge on any atom is 0.219 e. The number of amides is 1. The first-order valence-corrected chi connectivity index (χ1v) is 14.9. The van der Waals surface area contributed by atoms with Crippen LogP contribution in [0.2, 0.25) is 5.02 Å². The van der Waals surface area contributed by atoms with Gasteiger partial charge in [-0.3, -0.25) is 9.78 Å². The molecule has 0 spiro atoms. The Hall–Kier alpha value is -2.70. The molecule has 1 amide bonds. The van der Waals surface area contributed by atoms with Gasteiger partial charge in [-0.15, -0.1) is 0 Å². The van der Waals surface area contributed by atoms with Gasteiger partial charge in [0.1, 0.15) is 11.9 Å². The summed E-state index contributed by atoms with van der Waals surface area (Å²) in [7, 11) is 0. The van der Waals surface area contributed by atoms with Crippen LogP contribution in [-0.2, 0) is 11.3 Å². The number of halogens is 1. The van der Waals surface area contributed by atoms with Crippen LogP contribution >= 0.6 is 23.4 Å². The fourth-order valence-electron chi connectivity index (χ4n) is 4.62. The molecule has 1 saturated heterocycles. The van der Waals surface area contributed by atoms with Gasteiger partial charge in [0.2, 0.25) is 5.91 Å². The second-order valence-electron chi connectivity index (χ2n) is 9.75. The molecule has 1 aromatic carbocycles. The molecule has 1 aliphatic carbocycles. The number of benzene rings is 1. The van der Waals surface area contributed by atoms with E-state index in [-0.39, 0.29) is 12.0 Å². The van der Waals surface area contributed by atoms with Crippen molar-refractivity contribution in [1.29, 1.82) is 0 Å². The minimum absolute atomic E-state index is 0.0655. The molecule has 1 N–H and O–H groups in total. The van der Waals surface area contributed by atoms with Crippen molar-refractivity contribution in [3.8, 4) is 5.75 Å². The molecule has 0 bridgehead atoms. The van der Waals surface area contributed by atoms with Crippen molar-refractivity contribution in [2.75, 3.05) is 13.1 Å². The van der Waals surface area contributed by atoms with Crippen molar-refractivity contribution in [3.63, 3.8) is 0 Å². The van der Waals surface area contributed by atoms with Gasteiger partial charge in [-0.25, -0.2) is 0 Å². The number of piperidine rings is 1. The van der Waals surface area contributed by atoms with Crippen LogP contribution in [0.25, 0.3) is 10.6 Å². The standard InChI is InChI=1S/C31H38ClN3O2S/c1-4-6-18-38-30(5-2)27-21-33-28(19-29(27)37-26-14-16-35(17-15-26)22(3)36)31(24-8-7-9-24)34-20-23-10-12-25(32)13-11-23/h5-6,10-13,18-19,21,26,34H,4,7-9,14-17,20H2,1-3H3/b18-6+,30-5-. The van der Waals surface area contributed by atoms with Crippen molar-refractivity contribution in [3.05, 3.63) is 81.5 Å². The molecule has 4 rings (SSSR count). The van der Waals surface area contributed by atoms with Gasteiger partial charge in [0, 0.05) is 67.2 Å². The van der Waals surface area contributed by atoms with Gasteiger partial charge in [0.25, 0.3) is 0 Å². The number of ether oxygens (including phenoxy) is 1. The zero-order valence-electron chi connectivity index (χ0n) is 22.6. The smallest absolute Gasteiger partial charge is 0.219 e. The lowest BCUT2D eigenvalue weighted by molar-refractivity contribution is -0.130. The summed E-state index contributed by atoms with van der Waals surface area (Å²) in [4.78, 5) is 19.8. The van der Waals surface area contributed by atoms with E-state index in [4.69, 9.17) is 21.3 Å². The Morgan fingerprint density at radius 1 is 1.24 bits per heavy atom. The van der Waals surface area contributed by atoms with Gasteiger partial charge in [-0.05, 0) is 61.3 Å². The predicted octanol–water partition coefficient (Wildman–Crippen LogP) is 7.83. The number of thioether (sulfide) groups is 1. The highest BCUT2D eigenvalue weighted by Gasteiger charge is 2.25. The largest absolute Gasteiger partial charge is 0.489 e. The molecular formula is C31H38ClN3O2S. The lowest BCUT2D eigenvalue weighted by Crippen LogP contribution is -2.40. The van der Waals surface area contributed by atoms with Gasteiger partial charge < -0.3 is 15.0 Å². The first-order chi connectivity index (χ1) is 18.5. The monoisotopic (exact) mass is 551 g/mol. The van der Waals surface area contributed by atoms with Crippen LogP contribution in [0, 0.1) is 0 Å². The Bertz CT molecular complexity index is 1190. The van der Waals surface area contributed by atoms with E-state index in [1.807, 2.05) is 23.2 Å². The van der Waals surface area contributed by atoms with E-state index in [0.717, 1.165) is 77.8 Å². The molecule has 5 nitrogen and oxygen atoms in total. The summed E-state index contributed by atoms with van der Waals surface area (Å²) in [6, 6.07) is 10.1. The molecular weight excluding hydrogens is 514 g/mol. The normalized spacial score (nSPS) is 16.5. The SMILES string of the molecule is C/C=C(\S/C=C/CC)c1cnc(C(NCc2ccc(Cl)cc2)=C2CCC2)cc1OC1CCN(C(C)=O)CC1. The van der Waals surface area contributed by atoms with Crippen LogP contribution in [0.5, 0.6) is 5.75 Å². The second-order valence-corrected chi connectivity index (χ2v) is 11.1. The number of hydrogen-bond donors (Lipinski definition) is 1. The Balaban J connectivity index is 1.62. The van der Waals surface area contributed by atoms with Gasteiger partial charge in [0.05, 0.1) is 11.4 Å². The van der Waals surface area contributed by atoms with Crippen molar-refractivity contribution >= 4 is 39.9 Å². The Morgan fingerprint density at radius 3 is 2.58 bits per heavy atom. The fourth-order valence-corrected chi connectivity index (χ4v) is 5.60. The summed E-state index contributed by atoms with van der Waals surface area (Å²) in [6.45, 7) is 8.00. The zero-order valence-corrected chi connectivity index (χ0v) is 24.2. The van der Waals surface area contributed by atoms with E-state index in [2.05, 4.69) is 54.9 Å². The van der Waals surface area contributed by atoms with E-state index in [1.54, 1.807) is 18.7 Å². The van der Waals surface area contributed by atoms with Crippen LogP contribution in [0.3, 0.4) is 0 Å². The molecule has 1 saturated carbocycles. The molecule has 2 aromatic rings. The quantitative estimate of drug-likeness (QED) is 0.326. The highest BCUT2D eigenvalue weighted by atomic mass is 35.5. The Labute approximate surface area is 236 Å². The Kier molecular flexibility index (Phi) is 10.4. The molecule has 0 atom stereocenters. The number of hydrogen-bond acceptors (Lipinski definition) is 5. The number of carbonyl (C=O) groups is 1. The number of likely N-dealkylation sites (tertiary alicyclic amines) is 1. The van der Waals surface area contributed by atoms with Crippen LogP contribution in [-0.4, -0.2) is 35.0 Å². The lowest BCUT2D eigenvalue weighted by atomic mass is 9.89. The average Bonchev–Trinajstić information content (AvgIpc) is 2.89. The molecule has 7 heteroatoms. The van der Waals surface area contributed by atoms with Crippen molar-refractivity contribution in [1.82, 2.24) is 15.2 Å². The second kappa shape index (κ2) is 13.9. The van der Waals surface area contributed by atoms with E-state index < -0.39 is 0 Å². The summed E-state index contributed by atoms with van der Waals surface area (Å²) in [5.41, 5.74) is 5.61. The average molecular weight is 552 g/mol. The predicted molar refractivity (Wildman–Crippen MR) is 160 cm³/mol. The number of rotatable bonds is 10. The minimum Gasteiger partial charge on any atom is -0.489 e. The summed E-state index contributed by atoms with van der Waals surface area (Å²) in [5, 5.41) is 6.55. The van der Waals surface area contributed by atoms with E-state index in [9.17, 15) is 4.79 Å². The topological polar surface area (TPSA) is 54.5 Å². The maximum atomic E-state index is 11.8. The van der Waals surface area contributed by atoms with Gasteiger partial charge in [-0.1, -0.05) is 54.6 Å². The summed E-state index contributed by atoms with van der Waals surface area (Å²) < 4.78 is 6.68. The van der Waals surface area contributed by atoms with Crippen LogP contribution in [0.15, 0.2) is 59.7 Å². The van der Waals surface area contributed by atoms with Gasteiger partial charge in [-0.2, -0.15) is 0 Å². The van der Waals surface area contributed by atoms with Crippen LogP contribution < -0.4 is 10.1 Å². The van der Waals surface area contributed by atoms with E-state index >= 15 is 0 Å². The van der Waals surface area contributed by atoms with Crippen molar-refractivity contribution < 1.29 is 9.53 Å². The molecule has 2 heterocycles. The molecule has 202 valence electrons. The first kappa shape index (κ1) is 28.3. The third kappa shape index (κ3) is 7.45. The highest BCUT2D eigenvalue weighted by Crippen LogP contribution is 2.38. The van der Waals surface area contributed by atoms with Gasteiger partial charge in [0.15, 0.2) is 0 Å². The Morgan fingerprint density at radius 2 is 1.97 bits per heavy atom. The number of allylic oxidation sites excluding steroid dienone is 3. The molecule has 1 aliphatic heterocycles. The molecule has 0 radical (unpaired) electrons. The van der Waals surface area contributed by atoms with E-state index in [1.165, 1.54) is 17.6 Å². The summed E-state index contributed by atoms with van der Waals surface area (Å²) >= 11 is 7.78. The van der Waals surface area contributed by atoms with Crippen LogP contribution in [0.4, 0.5) is 0 Å². The number of pyridine rings is 1. The van der Waals surface area contributed by atoms with Crippen molar-refractivity contribution in [2.45, 2.75) is 71.9 Å². The van der Waals surface area contributed by atoms with Crippen molar-refractivity contribution in [2.24, 2.45) is 0 Å². The highest BCUT2D eigenvalue weighted by molar-refractivity contribution is 8.10. The summed E-state index contributed by atoms with van der Waals surface area (Å²) in [6.07, 6.45) is 12.3. The number of nitrogens with one attached hydrogen (secondary N) is 1. The van der Waals surface area contributed by atoms with Crippen LogP contribution in [0.1, 0.15) is 76.1 Å². The minimum atomic E-state index is 0.0655. The number of carbonyl (C=O) groups excluding carboxylic acids is 1.